The molecule has 2 amide bonds. The topological polar surface area (TPSA) is 63.5 Å². The van der Waals surface area contributed by atoms with Crippen molar-refractivity contribution in [2.75, 3.05) is 13.2 Å². The summed E-state index contributed by atoms with van der Waals surface area (Å²) in [5, 5.41) is 5.51. The summed E-state index contributed by atoms with van der Waals surface area (Å²) < 4.78 is 11.0. The van der Waals surface area contributed by atoms with Crippen LogP contribution in [0, 0.1) is 0 Å². The summed E-state index contributed by atoms with van der Waals surface area (Å²) >= 11 is 0. The van der Waals surface area contributed by atoms with Crippen molar-refractivity contribution in [3.05, 3.63) is 53.5 Å². The van der Waals surface area contributed by atoms with Crippen molar-refractivity contribution in [1.29, 1.82) is 0 Å². The summed E-state index contributed by atoms with van der Waals surface area (Å²) in [6.07, 6.45) is 6.29. The van der Waals surface area contributed by atoms with Gasteiger partial charge in [-0.2, -0.15) is 0 Å². The molecule has 0 saturated heterocycles. The van der Waals surface area contributed by atoms with Gasteiger partial charge in [0.1, 0.15) is 18.1 Å². The van der Waals surface area contributed by atoms with E-state index in [-0.39, 0.29) is 6.03 Å². The van der Waals surface area contributed by atoms with E-state index in [4.69, 9.17) is 9.15 Å². The van der Waals surface area contributed by atoms with E-state index in [1.54, 1.807) is 12.3 Å². The largest absolute Gasteiger partial charge is 0.491 e. The number of nitrogens with one attached hydrogen (secondary N) is 2. The maximum Gasteiger partial charge on any atom is 0.315 e. The molecule has 0 atom stereocenters. The molecule has 1 aromatic heterocycles. The Labute approximate surface area is 136 Å². The average molecular weight is 314 g/mol. The molecule has 5 nitrogen and oxygen atoms in total. The zero-order chi connectivity index (χ0) is 15.9. The van der Waals surface area contributed by atoms with Crippen LogP contribution in [0.15, 0.2) is 41.0 Å². The van der Waals surface area contributed by atoms with Crippen LogP contribution < -0.4 is 15.4 Å². The first-order chi connectivity index (χ1) is 11.3. The smallest absolute Gasteiger partial charge is 0.315 e. The van der Waals surface area contributed by atoms with Crippen LogP contribution in [0.25, 0.3) is 0 Å². The number of carbonyl (C=O) groups excluding carboxylic acids is 1. The molecule has 122 valence electrons. The number of aryl methyl sites for hydroxylation is 1. The van der Waals surface area contributed by atoms with E-state index in [0.29, 0.717) is 19.7 Å². The summed E-state index contributed by atoms with van der Waals surface area (Å²) in [4.78, 5) is 11.7. The Bertz CT molecular complexity index is 638. The number of hydrogen-bond donors (Lipinski definition) is 2. The van der Waals surface area contributed by atoms with E-state index in [9.17, 15) is 4.79 Å². The first-order valence-electron chi connectivity index (χ1n) is 8.10. The van der Waals surface area contributed by atoms with Crippen LogP contribution in [0.1, 0.15) is 29.7 Å². The van der Waals surface area contributed by atoms with Gasteiger partial charge in [-0.05, 0) is 55.0 Å². The van der Waals surface area contributed by atoms with Gasteiger partial charge in [-0.15, -0.1) is 0 Å². The monoisotopic (exact) mass is 314 g/mol. The third-order valence-electron chi connectivity index (χ3n) is 4.00. The van der Waals surface area contributed by atoms with Crippen LogP contribution in [-0.4, -0.2) is 19.2 Å². The van der Waals surface area contributed by atoms with Gasteiger partial charge in [0.15, 0.2) is 0 Å². The standard InChI is InChI=1S/C18H22N2O3/c21-18(20-13-15-7-4-11-22-15)19-10-12-23-17-9-3-6-14-5-1-2-8-16(14)17/h3-4,6-7,9,11H,1-2,5,8,10,12-13H2,(H2,19,20,21). The van der Waals surface area contributed by atoms with E-state index < -0.39 is 0 Å². The van der Waals surface area contributed by atoms with Crippen LogP contribution in [-0.2, 0) is 19.4 Å². The summed E-state index contributed by atoms with van der Waals surface area (Å²) in [6.45, 7) is 1.31. The van der Waals surface area contributed by atoms with Gasteiger partial charge in [0.25, 0.3) is 0 Å². The third-order valence-corrected chi connectivity index (χ3v) is 4.00. The lowest BCUT2D eigenvalue weighted by atomic mass is 9.91. The van der Waals surface area contributed by atoms with Gasteiger partial charge in [0.2, 0.25) is 0 Å². The Morgan fingerprint density at radius 1 is 1.13 bits per heavy atom. The number of urea groups is 1. The van der Waals surface area contributed by atoms with Gasteiger partial charge < -0.3 is 19.8 Å². The van der Waals surface area contributed by atoms with Crippen molar-refractivity contribution >= 4 is 6.03 Å². The van der Waals surface area contributed by atoms with E-state index in [1.807, 2.05) is 18.2 Å². The van der Waals surface area contributed by atoms with Crippen molar-refractivity contribution in [3.63, 3.8) is 0 Å². The highest BCUT2D eigenvalue weighted by Gasteiger charge is 2.13. The molecule has 0 radical (unpaired) electrons. The minimum atomic E-state index is -0.222. The SMILES string of the molecule is O=C(NCCOc1cccc2c1CCCC2)NCc1ccco1. The lowest BCUT2D eigenvalue weighted by molar-refractivity contribution is 0.235. The van der Waals surface area contributed by atoms with Crippen molar-refractivity contribution in [3.8, 4) is 5.75 Å². The summed E-state index contributed by atoms with van der Waals surface area (Å²) in [6, 6.07) is 9.64. The average Bonchev–Trinajstić information content (AvgIpc) is 3.10. The summed E-state index contributed by atoms with van der Waals surface area (Å²) in [5.41, 5.74) is 2.74. The molecule has 2 aromatic rings. The fourth-order valence-electron chi connectivity index (χ4n) is 2.85. The lowest BCUT2D eigenvalue weighted by Crippen LogP contribution is -2.37. The summed E-state index contributed by atoms with van der Waals surface area (Å²) in [5.74, 6) is 1.69. The number of carbonyl (C=O) groups is 1. The molecule has 0 bridgehead atoms. The zero-order valence-electron chi connectivity index (χ0n) is 13.1. The van der Waals surface area contributed by atoms with Gasteiger partial charge in [0, 0.05) is 0 Å². The highest BCUT2D eigenvalue weighted by molar-refractivity contribution is 5.73. The third kappa shape index (κ3) is 4.28. The fourth-order valence-corrected chi connectivity index (χ4v) is 2.85. The molecule has 23 heavy (non-hydrogen) atoms. The molecular weight excluding hydrogens is 292 g/mol. The molecule has 1 heterocycles. The molecule has 1 aromatic carbocycles. The molecule has 1 aliphatic rings. The first-order valence-corrected chi connectivity index (χ1v) is 8.10. The number of amides is 2. The Morgan fingerprint density at radius 3 is 2.91 bits per heavy atom. The van der Waals surface area contributed by atoms with Crippen LogP contribution in [0.5, 0.6) is 5.75 Å². The van der Waals surface area contributed by atoms with Gasteiger partial charge in [0.05, 0.1) is 19.4 Å². The van der Waals surface area contributed by atoms with Gasteiger partial charge in [-0.1, -0.05) is 12.1 Å². The van der Waals surface area contributed by atoms with Crippen LogP contribution >= 0.6 is 0 Å². The normalized spacial score (nSPS) is 13.2. The van der Waals surface area contributed by atoms with E-state index in [1.165, 1.54) is 24.0 Å². The highest BCUT2D eigenvalue weighted by Crippen LogP contribution is 2.29. The molecule has 0 saturated carbocycles. The molecule has 0 spiro atoms. The van der Waals surface area contributed by atoms with E-state index in [0.717, 1.165) is 24.4 Å². The molecule has 2 N–H and O–H groups in total. The maximum atomic E-state index is 11.7. The minimum Gasteiger partial charge on any atom is -0.491 e. The second-order valence-corrected chi connectivity index (χ2v) is 5.64. The quantitative estimate of drug-likeness (QED) is 0.806. The molecule has 3 rings (SSSR count). The Kier molecular flexibility index (Phi) is 5.19. The number of rotatable bonds is 6. The molecular formula is C18H22N2O3. The minimum absolute atomic E-state index is 0.222. The van der Waals surface area contributed by atoms with Gasteiger partial charge in [-0.25, -0.2) is 4.79 Å². The van der Waals surface area contributed by atoms with Crippen LogP contribution in [0.3, 0.4) is 0 Å². The van der Waals surface area contributed by atoms with Crippen LogP contribution in [0.2, 0.25) is 0 Å². The van der Waals surface area contributed by atoms with Gasteiger partial charge >= 0.3 is 6.03 Å². The van der Waals surface area contributed by atoms with E-state index in [2.05, 4.69) is 16.7 Å². The molecule has 5 heteroatoms. The zero-order valence-corrected chi connectivity index (χ0v) is 13.1. The van der Waals surface area contributed by atoms with Gasteiger partial charge in [-0.3, -0.25) is 0 Å². The second kappa shape index (κ2) is 7.72. The summed E-state index contributed by atoms with van der Waals surface area (Å²) in [7, 11) is 0. The van der Waals surface area contributed by atoms with Crippen molar-refractivity contribution < 1.29 is 13.9 Å². The Morgan fingerprint density at radius 2 is 2.04 bits per heavy atom. The molecule has 0 fully saturated rings. The molecule has 0 unspecified atom stereocenters. The van der Waals surface area contributed by atoms with Crippen molar-refractivity contribution in [2.45, 2.75) is 32.2 Å². The number of furan rings is 1. The number of benzene rings is 1. The predicted molar refractivity (Wildman–Crippen MR) is 87.5 cm³/mol. The second-order valence-electron chi connectivity index (χ2n) is 5.64. The molecule has 0 aliphatic heterocycles. The first kappa shape index (κ1) is 15.5. The number of hydrogen-bond acceptors (Lipinski definition) is 3. The molecule has 1 aliphatic carbocycles. The van der Waals surface area contributed by atoms with E-state index >= 15 is 0 Å². The number of ether oxygens (including phenoxy) is 1. The predicted octanol–water partition coefficient (Wildman–Crippen LogP) is 3.04. The van der Waals surface area contributed by atoms with Crippen LogP contribution in [0.4, 0.5) is 4.79 Å². The Hall–Kier alpha value is -2.43. The maximum absolute atomic E-state index is 11.7. The van der Waals surface area contributed by atoms with Crippen molar-refractivity contribution in [2.24, 2.45) is 0 Å². The number of fused-ring (bicyclic) bond motifs is 1. The highest BCUT2D eigenvalue weighted by atomic mass is 16.5. The van der Waals surface area contributed by atoms with Crippen molar-refractivity contribution in [1.82, 2.24) is 10.6 Å². The fraction of sp³-hybridized carbons (Fsp3) is 0.389. The Balaban J connectivity index is 1.39. The lowest BCUT2D eigenvalue weighted by Gasteiger charge is -2.19.